The Labute approximate surface area is 176 Å². The summed E-state index contributed by atoms with van der Waals surface area (Å²) in [5.41, 5.74) is 4.77. The largest absolute Gasteiger partial charge is 0.391 e. The molecular weight excluding hydrogens is 372 g/mol. The van der Waals surface area contributed by atoms with Crippen molar-refractivity contribution < 1.29 is 9.90 Å². The Balaban J connectivity index is 1.83. The first-order valence-corrected chi connectivity index (χ1v) is 10.0. The molecule has 4 rings (SSSR count). The number of carbonyl (C=O) groups excluding carboxylic acids is 1. The molecule has 0 saturated heterocycles. The van der Waals surface area contributed by atoms with Gasteiger partial charge in [0, 0.05) is 10.9 Å². The maximum atomic E-state index is 13.5. The fraction of sp³-hybridized carbons (Fsp3) is 0.154. The molecule has 2 N–H and O–H groups in total. The molecule has 0 radical (unpaired) electrons. The average molecular weight is 396 g/mol. The van der Waals surface area contributed by atoms with Crippen LogP contribution in [0.3, 0.4) is 0 Å². The van der Waals surface area contributed by atoms with E-state index in [2.05, 4.69) is 5.32 Å². The van der Waals surface area contributed by atoms with Crippen LogP contribution in [0.1, 0.15) is 34.5 Å². The van der Waals surface area contributed by atoms with Crippen molar-refractivity contribution in [3.63, 3.8) is 0 Å². The number of hydrogen-bond donors (Lipinski definition) is 2. The molecule has 30 heavy (non-hydrogen) atoms. The van der Waals surface area contributed by atoms with E-state index in [0.29, 0.717) is 5.56 Å². The number of nitrogens with zero attached hydrogens (tertiary/aromatic N) is 1. The van der Waals surface area contributed by atoms with Crippen molar-refractivity contribution >= 4 is 16.8 Å². The Hall–Kier alpha value is -3.50. The second-order valence-corrected chi connectivity index (χ2v) is 7.45. The molecule has 0 spiro atoms. The Bertz CT molecular complexity index is 1170. The first-order valence-electron chi connectivity index (χ1n) is 10.0. The van der Waals surface area contributed by atoms with Gasteiger partial charge in [0.15, 0.2) is 0 Å². The maximum absolute atomic E-state index is 13.5. The molecule has 0 aliphatic heterocycles. The number of amides is 1. The van der Waals surface area contributed by atoms with Gasteiger partial charge in [0.05, 0.1) is 28.9 Å². The Morgan fingerprint density at radius 3 is 2.17 bits per heavy atom. The summed E-state index contributed by atoms with van der Waals surface area (Å²) in [6.45, 7) is 3.61. The standard InChI is InChI=1S/C26H24N2O2/c1-17-23(26(30)28-25(18(2)29)20-13-7-4-8-14-20)21-15-9-10-16-22(21)27-24(17)19-11-5-3-6-12-19/h3-16,18,25,29H,1-2H3,(H,28,30)/t18-,25-/m0/s1. The molecule has 4 nitrogen and oxygen atoms in total. The topological polar surface area (TPSA) is 62.2 Å². The molecule has 4 heteroatoms. The van der Waals surface area contributed by atoms with E-state index < -0.39 is 12.1 Å². The van der Waals surface area contributed by atoms with Gasteiger partial charge in [-0.1, -0.05) is 78.9 Å². The molecule has 0 unspecified atom stereocenters. The number of benzene rings is 3. The number of para-hydroxylation sites is 1. The molecule has 1 aromatic heterocycles. The van der Waals surface area contributed by atoms with E-state index in [1.807, 2.05) is 91.9 Å². The van der Waals surface area contributed by atoms with Gasteiger partial charge in [-0.25, -0.2) is 4.98 Å². The summed E-state index contributed by atoms with van der Waals surface area (Å²) >= 11 is 0. The number of hydrogen-bond acceptors (Lipinski definition) is 3. The van der Waals surface area contributed by atoms with E-state index in [4.69, 9.17) is 4.98 Å². The van der Waals surface area contributed by atoms with Crippen molar-refractivity contribution in [1.29, 1.82) is 0 Å². The van der Waals surface area contributed by atoms with Gasteiger partial charge in [0.2, 0.25) is 0 Å². The maximum Gasteiger partial charge on any atom is 0.252 e. The number of fused-ring (bicyclic) bond motifs is 1. The minimum absolute atomic E-state index is 0.224. The fourth-order valence-corrected chi connectivity index (χ4v) is 3.83. The van der Waals surface area contributed by atoms with Gasteiger partial charge >= 0.3 is 0 Å². The summed E-state index contributed by atoms with van der Waals surface area (Å²) < 4.78 is 0. The predicted octanol–water partition coefficient (Wildman–Crippen LogP) is 5.06. The van der Waals surface area contributed by atoms with Crippen molar-refractivity contribution in [3.8, 4) is 11.3 Å². The fourth-order valence-electron chi connectivity index (χ4n) is 3.83. The lowest BCUT2D eigenvalue weighted by atomic mass is 9.96. The van der Waals surface area contributed by atoms with Gasteiger partial charge in [0.25, 0.3) is 5.91 Å². The lowest BCUT2D eigenvalue weighted by Crippen LogP contribution is -2.35. The monoisotopic (exact) mass is 396 g/mol. The van der Waals surface area contributed by atoms with Crippen LogP contribution in [0.15, 0.2) is 84.9 Å². The molecule has 1 heterocycles. The number of aromatic nitrogens is 1. The van der Waals surface area contributed by atoms with Crippen molar-refractivity contribution in [2.75, 3.05) is 0 Å². The average Bonchev–Trinajstić information content (AvgIpc) is 2.78. The summed E-state index contributed by atoms with van der Waals surface area (Å²) in [6.07, 6.45) is -0.738. The van der Waals surface area contributed by atoms with E-state index in [1.165, 1.54) is 0 Å². The Morgan fingerprint density at radius 1 is 0.900 bits per heavy atom. The lowest BCUT2D eigenvalue weighted by molar-refractivity contribution is 0.0859. The Morgan fingerprint density at radius 2 is 1.50 bits per heavy atom. The van der Waals surface area contributed by atoms with Crippen LogP contribution in [-0.4, -0.2) is 22.1 Å². The quantitative estimate of drug-likeness (QED) is 0.495. The molecule has 4 aromatic rings. The third-order valence-electron chi connectivity index (χ3n) is 5.34. The van der Waals surface area contributed by atoms with Crippen LogP contribution in [0.25, 0.3) is 22.2 Å². The molecule has 2 atom stereocenters. The van der Waals surface area contributed by atoms with E-state index in [-0.39, 0.29) is 5.91 Å². The normalized spacial score (nSPS) is 13.0. The number of rotatable bonds is 5. The summed E-state index contributed by atoms with van der Waals surface area (Å²) in [6, 6.07) is 26.6. The zero-order chi connectivity index (χ0) is 21.1. The second kappa shape index (κ2) is 8.47. The van der Waals surface area contributed by atoms with Crippen LogP contribution in [0.4, 0.5) is 0 Å². The number of pyridine rings is 1. The summed E-state index contributed by atoms with van der Waals surface area (Å²) in [7, 11) is 0. The van der Waals surface area contributed by atoms with Gasteiger partial charge in [-0.15, -0.1) is 0 Å². The van der Waals surface area contributed by atoms with E-state index >= 15 is 0 Å². The SMILES string of the molecule is Cc1c(-c2ccccc2)nc2ccccc2c1C(=O)N[C@H](c1ccccc1)[C@H](C)O. The van der Waals surface area contributed by atoms with Crippen molar-refractivity contribution in [2.45, 2.75) is 26.0 Å². The lowest BCUT2D eigenvalue weighted by Gasteiger charge is -2.23. The molecule has 0 saturated carbocycles. The summed E-state index contributed by atoms with van der Waals surface area (Å²) in [4.78, 5) is 18.3. The van der Waals surface area contributed by atoms with Crippen LogP contribution < -0.4 is 5.32 Å². The van der Waals surface area contributed by atoms with Crippen molar-refractivity contribution in [1.82, 2.24) is 10.3 Å². The second-order valence-electron chi connectivity index (χ2n) is 7.45. The molecule has 150 valence electrons. The van der Waals surface area contributed by atoms with Crippen LogP contribution >= 0.6 is 0 Å². The van der Waals surface area contributed by atoms with E-state index in [0.717, 1.165) is 33.3 Å². The van der Waals surface area contributed by atoms with Crippen molar-refractivity contribution in [3.05, 3.63) is 102 Å². The number of nitrogens with one attached hydrogen (secondary N) is 1. The molecule has 3 aromatic carbocycles. The molecule has 0 fully saturated rings. The molecule has 0 aliphatic rings. The minimum atomic E-state index is -0.738. The minimum Gasteiger partial charge on any atom is -0.391 e. The summed E-state index contributed by atoms with van der Waals surface area (Å²) in [5.74, 6) is -0.224. The highest BCUT2D eigenvalue weighted by molar-refractivity contribution is 6.09. The van der Waals surface area contributed by atoms with E-state index in [1.54, 1.807) is 6.92 Å². The number of aliphatic hydroxyl groups is 1. The zero-order valence-electron chi connectivity index (χ0n) is 17.0. The van der Waals surface area contributed by atoms with Gasteiger partial charge < -0.3 is 10.4 Å². The highest BCUT2D eigenvalue weighted by atomic mass is 16.3. The molecule has 0 aliphatic carbocycles. The smallest absolute Gasteiger partial charge is 0.252 e. The van der Waals surface area contributed by atoms with Crippen LogP contribution in [0, 0.1) is 6.92 Å². The van der Waals surface area contributed by atoms with Crippen molar-refractivity contribution in [2.24, 2.45) is 0 Å². The molecular formula is C26H24N2O2. The van der Waals surface area contributed by atoms with Gasteiger partial charge in [-0.05, 0) is 31.0 Å². The summed E-state index contributed by atoms with van der Waals surface area (Å²) in [5, 5.41) is 14.2. The third kappa shape index (κ3) is 3.82. The zero-order valence-corrected chi connectivity index (χ0v) is 17.0. The van der Waals surface area contributed by atoms with Gasteiger partial charge in [-0.2, -0.15) is 0 Å². The first-order chi connectivity index (χ1) is 14.6. The molecule has 0 bridgehead atoms. The highest BCUT2D eigenvalue weighted by Crippen LogP contribution is 2.30. The molecule has 1 amide bonds. The highest BCUT2D eigenvalue weighted by Gasteiger charge is 2.24. The van der Waals surface area contributed by atoms with Gasteiger partial charge in [0.1, 0.15) is 0 Å². The van der Waals surface area contributed by atoms with Crippen LogP contribution in [0.5, 0.6) is 0 Å². The first kappa shape index (κ1) is 19.8. The van der Waals surface area contributed by atoms with Gasteiger partial charge in [-0.3, -0.25) is 4.79 Å². The van der Waals surface area contributed by atoms with Crippen LogP contribution in [-0.2, 0) is 0 Å². The number of aliphatic hydroxyl groups excluding tert-OH is 1. The Kier molecular flexibility index (Phi) is 5.59. The predicted molar refractivity (Wildman–Crippen MR) is 120 cm³/mol. The third-order valence-corrected chi connectivity index (χ3v) is 5.34. The van der Waals surface area contributed by atoms with Crippen LogP contribution in [0.2, 0.25) is 0 Å². The van der Waals surface area contributed by atoms with E-state index in [9.17, 15) is 9.90 Å². The number of carbonyl (C=O) groups is 1.